The second-order valence-electron chi connectivity index (χ2n) is 5.10. The van der Waals surface area contributed by atoms with E-state index in [4.69, 9.17) is 0 Å². The van der Waals surface area contributed by atoms with Gasteiger partial charge < -0.3 is 10.2 Å². The third-order valence-corrected chi connectivity index (χ3v) is 4.33. The molecule has 1 saturated heterocycles. The number of hydrogen-bond acceptors (Lipinski definition) is 2. The summed E-state index contributed by atoms with van der Waals surface area (Å²) in [5, 5.41) is 3.30. The Morgan fingerprint density at radius 2 is 2.10 bits per heavy atom. The molecule has 1 fully saturated rings. The van der Waals surface area contributed by atoms with E-state index in [0.29, 0.717) is 16.6 Å². The van der Waals surface area contributed by atoms with E-state index in [0.717, 1.165) is 32.4 Å². The predicted octanol–water partition coefficient (Wildman–Crippen LogP) is 3.61. The van der Waals surface area contributed by atoms with Crippen molar-refractivity contribution in [3.8, 4) is 0 Å². The number of nitrogens with zero attached hydrogens (tertiary/aromatic N) is 1. The third kappa shape index (κ3) is 4.66. The molecule has 21 heavy (non-hydrogen) atoms. The first-order chi connectivity index (χ1) is 9.63. The van der Waals surface area contributed by atoms with Gasteiger partial charge in [-0.05, 0) is 66.5 Å². The van der Waals surface area contributed by atoms with Crippen LogP contribution < -0.4 is 5.32 Å². The number of halogens is 3. The van der Waals surface area contributed by atoms with Crippen molar-refractivity contribution in [2.75, 3.05) is 19.6 Å². The van der Waals surface area contributed by atoms with Gasteiger partial charge in [0, 0.05) is 17.1 Å². The van der Waals surface area contributed by atoms with E-state index in [1.54, 1.807) is 6.07 Å². The van der Waals surface area contributed by atoms with E-state index in [1.807, 2.05) is 4.90 Å². The molecule has 1 aromatic rings. The summed E-state index contributed by atoms with van der Waals surface area (Å²) in [6.07, 6.45) is 2.82. The summed E-state index contributed by atoms with van der Waals surface area (Å²) in [6.45, 7) is 4.64. The lowest BCUT2D eigenvalue weighted by Gasteiger charge is -2.34. The molecule has 0 bridgehead atoms. The highest BCUT2D eigenvalue weighted by Crippen LogP contribution is 2.23. The van der Waals surface area contributed by atoms with Gasteiger partial charge in [-0.25, -0.2) is 4.39 Å². The second-order valence-corrected chi connectivity index (χ2v) is 5.96. The van der Waals surface area contributed by atoms with Gasteiger partial charge in [0.2, 0.25) is 0 Å². The van der Waals surface area contributed by atoms with Crippen molar-refractivity contribution in [2.45, 2.75) is 32.2 Å². The molecular formula is C15H21BrClFN2O. The number of amides is 1. The zero-order chi connectivity index (χ0) is 14.5. The SMILES string of the molecule is CCCN(C(=O)c1cc(F)ccc1Br)C1CCNCC1.Cl. The molecule has 6 heteroatoms. The Morgan fingerprint density at radius 3 is 2.71 bits per heavy atom. The van der Waals surface area contributed by atoms with Crippen LogP contribution in [0.2, 0.25) is 0 Å². The van der Waals surface area contributed by atoms with E-state index >= 15 is 0 Å². The Kier molecular flexibility index (Phi) is 7.63. The van der Waals surface area contributed by atoms with E-state index < -0.39 is 0 Å². The fourth-order valence-electron chi connectivity index (χ4n) is 2.63. The van der Waals surface area contributed by atoms with Crippen molar-refractivity contribution in [3.05, 3.63) is 34.1 Å². The van der Waals surface area contributed by atoms with Crippen LogP contribution in [0, 0.1) is 5.82 Å². The zero-order valence-electron chi connectivity index (χ0n) is 12.1. The van der Waals surface area contributed by atoms with Gasteiger partial charge in [-0.1, -0.05) is 6.92 Å². The second kappa shape index (κ2) is 8.71. The van der Waals surface area contributed by atoms with Gasteiger partial charge in [0.1, 0.15) is 5.82 Å². The highest BCUT2D eigenvalue weighted by atomic mass is 79.9. The molecule has 1 aliphatic heterocycles. The summed E-state index contributed by atoms with van der Waals surface area (Å²) in [5.41, 5.74) is 0.414. The van der Waals surface area contributed by atoms with Gasteiger partial charge in [0.25, 0.3) is 5.91 Å². The van der Waals surface area contributed by atoms with Gasteiger partial charge in [-0.15, -0.1) is 12.4 Å². The maximum Gasteiger partial charge on any atom is 0.255 e. The summed E-state index contributed by atoms with van der Waals surface area (Å²) in [5.74, 6) is -0.455. The average Bonchev–Trinajstić information content (AvgIpc) is 2.47. The molecule has 1 heterocycles. The standard InChI is InChI=1S/C15H20BrFN2O.ClH/c1-2-9-19(12-5-7-18-8-6-12)15(20)13-10-11(17)3-4-14(13)16;/h3-4,10,12,18H,2,5-9H2,1H3;1H. The van der Waals surface area contributed by atoms with Crippen LogP contribution >= 0.6 is 28.3 Å². The van der Waals surface area contributed by atoms with Crippen molar-refractivity contribution in [1.29, 1.82) is 0 Å². The van der Waals surface area contributed by atoms with Crippen LogP contribution in [0.15, 0.2) is 22.7 Å². The van der Waals surface area contributed by atoms with Crippen LogP contribution in [0.25, 0.3) is 0 Å². The number of hydrogen-bond donors (Lipinski definition) is 1. The zero-order valence-corrected chi connectivity index (χ0v) is 14.5. The summed E-state index contributed by atoms with van der Waals surface area (Å²) in [7, 11) is 0. The Morgan fingerprint density at radius 1 is 1.43 bits per heavy atom. The third-order valence-electron chi connectivity index (χ3n) is 3.63. The topological polar surface area (TPSA) is 32.3 Å². The van der Waals surface area contributed by atoms with Crippen molar-refractivity contribution in [3.63, 3.8) is 0 Å². The minimum Gasteiger partial charge on any atom is -0.336 e. The van der Waals surface area contributed by atoms with Gasteiger partial charge in [-0.2, -0.15) is 0 Å². The monoisotopic (exact) mass is 378 g/mol. The Hall–Kier alpha value is -0.650. The van der Waals surface area contributed by atoms with Gasteiger partial charge >= 0.3 is 0 Å². The molecule has 0 spiro atoms. The number of carbonyl (C=O) groups excluding carboxylic acids is 1. The molecule has 0 saturated carbocycles. The Labute approximate surface area is 139 Å². The van der Waals surface area contributed by atoms with Crippen LogP contribution in [-0.2, 0) is 0 Å². The molecule has 118 valence electrons. The van der Waals surface area contributed by atoms with E-state index in [1.165, 1.54) is 12.1 Å². The molecule has 3 nitrogen and oxygen atoms in total. The quantitative estimate of drug-likeness (QED) is 0.866. The highest BCUT2D eigenvalue weighted by molar-refractivity contribution is 9.10. The van der Waals surface area contributed by atoms with Gasteiger partial charge in [0.05, 0.1) is 5.56 Å². The van der Waals surface area contributed by atoms with E-state index in [9.17, 15) is 9.18 Å². The smallest absolute Gasteiger partial charge is 0.255 e. The molecule has 1 aromatic carbocycles. The van der Waals surface area contributed by atoms with Crippen LogP contribution in [0.1, 0.15) is 36.5 Å². The lowest BCUT2D eigenvalue weighted by molar-refractivity contribution is 0.0641. The predicted molar refractivity (Wildman–Crippen MR) is 88.6 cm³/mol. The fourth-order valence-corrected chi connectivity index (χ4v) is 3.04. The molecule has 0 radical (unpaired) electrons. The molecule has 0 atom stereocenters. The fraction of sp³-hybridized carbons (Fsp3) is 0.533. The summed E-state index contributed by atoms with van der Waals surface area (Å²) < 4.78 is 14.0. The molecule has 1 N–H and O–H groups in total. The van der Waals surface area contributed by atoms with Crippen LogP contribution in [-0.4, -0.2) is 36.5 Å². The maximum absolute atomic E-state index is 13.4. The first kappa shape index (κ1) is 18.4. The molecule has 1 amide bonds. The molecule has 2 rings (SSSR count). The van der Waals surface area contributed by atoms with Gasteiger partial charge in [0.15, 0.2) is 0 Å². The summed E-state index contributed by atoms with van der Waals surface area (Å²) in [4.78, 5) is 14.6. The van der Waals surface area contributed by atoms with Crippen molar-refractivity contribution in [2.24, 2.45) is 0 Å². The highest BCUT2D eigenvalue weighted by Gasteiger charge is 2.26. The van der Waals surface area contributed by atoms with Crippen LogP contribution in [0.5, 0.6) is 0 Å². The van der Waals surface area contributed by atoms with Crippen molar-refractivity contribution in [1.82, 2.24) is 10.2 Å². The first-order valence-corrected chi connectivity index (χ1v) is 7.89. The molecule has 0 aliphatic carbocycles. The molecular weight excluding hydrogens is 359 g/mol. The average molecular weight is 380 g/mol. The molecule has 0 aromatic heterocycles. The number of piperidine rings is 1. The lowest BCUT2D eigenvalue weighted by atomic mass is 10.0. The minimum absolute atomic E-state index is 0. The van der Waals surface area contributed by atoms with E-state index in [-0.39, 0.29) is 30.2 Å². The summed E-state index contributed by atoms with van der Waals surface area (Å²) >= 11 is 3.35. The molecule has 1 aliphatic rings. The lowest BCUT2D eigenvalue weighted by Crippen LogP contribution is -2.46. The largest absolute Gasteiger partial charge is 0.336 e. The van der Waals surface area contributed by atoms with Crippen LogP contribution in [0.4, 0.5) is 4.39 Å². The Bertz CT molecular complexity index is 481. The number of benzene rings is 1. The Balaban J connectivity index is 0.00000220. The summed E-state index contributed by atoms with van der Waals surface area (Å²) in [6, 6.07) is 4.51. The first-order valence-electron chi connectivity index (χ1n) is 7.10. The van der Waals surface area contributed by atoms with Crippen molar-refractivity contribution < 1.29 is 9.18 Å². The van der Waals surface area contributed by atoms with Crippen LogP contribution in [0.3, 0.4) is 0 Å². The number of carbonyl (C=O) groups is 1. The maximum atomic E-state index is 13.4. The number of nitrogens with one attached hydrogen (secondary N) is 1. The minimum atomic E-state index is -0.377. The van der Waals surface area contributed by atoms with E-state index in [2.05, 4.69) is 28.2 Å². The van der Waals surface area contributed by atoms with Crippen molar-refractivity contribution >= 4 is 34.2 Å². The number of rotatable bonds is 4. The normalized spacial score (nSPS) is 15.4. The van der Waals surface area contributed by atoms with Gasteiger partial charge in [-0.3, -0.25) is 4.79 Å². The molecule has 0 unspecified atom stereocenters.